The lowest BCUT2D eigenvalue weighted by Crippen LogP contribution is -2.06. The van der Waals surface area contributed by atoms with Crippen LogP contribution in [0.2, 0.25) is 0 Å². The van der Waals surface area contributed by atoms with Crippen LogP contribution in [0.3, 0.4) is 0 Å². The molecule has 0 amide bonds. The topological polar surface area (TPSA) is 9.23 Å². The second kappa shape index (κ2) is 9.33. The van der Waals surface area contributed by atoms with Gasteiger partial charge in [-0.15, -0.1) is 0 Å². The van der Waals surface area contributed by atoms with Gasteiger partial charge in [-0.3, -0.25) is 0 Å². The molecule has 0 aliphatic heterocycles. The van der Waals surface area contributed by atoms with Crippen molar-refractivity contribution in [2.45, 2.75) is 90.9 Å². The van der Waals surface area contributed by atoms with Gasteiger partial charge in [0.1, 0.15) is 0 Å². The van der Waals surface area contributed by atoms with E-state index in [1.807, 2.05) is 12.5 Å². The molecular weight excluding hydrogens is 256 g/mol. The molecule has 0 aromatic carbocycles. The first-order valence-electron chi connectivity index (χ1n) is 9.21. The van der Waals surface area contributed by atoms with Gasteiger partial charge >= 0.3 is 0 Å². The molecule has 2 fully saturated rings. The minimum atomic E-state index is 0.908. The second-order valence-electron chi connectivity index (χ2n) is 7.48. The fourth-order valence-corrected chi connectivity index (χ4v) is 4.06. The van der Waals surface area contributed by atoms with E-state index in [4.69, 9.17) is 4.74 Å². The average molecular weight is 290 g/mol. The quantitative estimate of drug-likeness (QED) is 0.491. The molecule has 0 heterocycles. The van der Waals surface area contributed by atoms with E-state index in [9.17, 15) is 0 Å². The molecule has 2 rings (SSSR count). The van der Waals surface area contributed by atoms with Crippen molar-refractivity contribution in [1.82, 2.24) is 0 Å². The van der Waals surface area contributed by atoms with Gasteiger partial charge in [0.05, 0.1) is 12.5 Å². The van der Waals surface area contributed by atoms with Crippen molar-refractivity contribution >= 4 is 0 Å². The highest BCUT2D eigenvalue weighted by Crippen LogP contribution is 2.30. The number of ether oxygens (including phenoxy) is 1. The Balaban J connectivity index is 1.67. The maximum atomic E-state index is 5.72. The standard InChI is InChI=1S/C20H34O/c1-17(13-19-9-5-3-6-10-19)15-21-16-18(2)14-20-11-7-4-8-12-20/h15-16,19-20H,3-14H2,1-2H3. The van der Waals surface area contributed by atoms with Crippen LogP contribution in [-0.4, -0.2) is 0 Å². The van der Waals surface area contributed by atoms with E-state index in [1.165, 1.54) is 88.2 Å². The molecule has 21 heavy (non-hydrogen) atoms. The van der Waals surface area contributed by atoms with E-state index in [0.717, 1.165) is 11.8 Å². The van der Waals surface area contributed by atoms with Gasteiger partial charge in [0.25, 0.3) is 0 Å². The molecule has 1 nitrogen and oxygen atoms in total. The normalized spacial score (nSPS) is 23.3. The molecule has 0 saturated heterocycles. The summed E-state index contributed by atoms with van der Waals surface area (Å²) in [5.74, 6) is 1.82. The highest BCUT2D eigenvalue weighted by atomic mass is 16.5. The summed E-state index contributed by atoms with van der Waals surface area (Å²) >= 11 is 0. The van der Waals surface area contributed by atoms with Crippen molar-refractivity contribution in [1.29, 1.82) is 0 Å². The van der Waals surface area contributed by atoms with Gasteiger partial charge in [0.15, 0.2) is 0 Å². The summed E-state index contributed by atoms with van der Waals surface area (Å²) in [6, 6.07) is 0. The number of rotatable bonds is 6. The Morgan fingerprint density at radius 3 is 1.48 bits per heavy atom. The molecule has 120 valence electrons. The van der Waals surface area contributed by atoms with Gasteiger partial charge in [-0.25, -0.2) is 0 Å². The van der Waals surface area contributed by atoms with Crippen molar-refractivity contribution in [2.24, 2.45) is 11.8 Å². The predicted molar refractivity (Wildman–Crippen MR) is 91.0 cm³/mol. The smallest absolute Gasteiger partial charge is 0.0890 e. The second-order valence-corrected chi connectivity index (χ2v) is 7.48. The summed E-state index contributed by atoms with van der Waals surface area (Å²) < 4.78 is 5.72. The molecule has 0 N–H and O–H groups in total. The number of hydrogen-bond donors (Lipinski definition) is 0. The van der Waals surface area contributed by atoms with E-state index in [1.54, 1.807) is 0 Å². The zero-order valence-electron chi connectivity index (χ0n) is 14.2. The van der Waals surface area contributed by atoms with Crippen LogP contribution in [0.1, 0.15) is 90.9 Å². The zero-order valence-corrected chi connectivity index (χ0v) is 14.2. The Morgan fingerprint density at radius 2 is 1.10 bits per heavy atom. The lowest BCUT2D eigenvalue weighted by molar-refractivity contribution is 0.337. The first-order chi connectivity index (χ1) is 10.2. The van der Waals surface area contributed by atoms with Gasteiger partial charge in [0, 0.05) is 0 Å². The maximum absolute atomic E-state index is 5.72. The Labute approximate surface area is 131 Å². The van der Waals surface area contributed by atoms with Crippen LogP contribution >= 0.6 is 0 Å². The first kappa shape index (κ1) is 16.6. The molecule has 0 bridgehead atoms. The molecule has 2 aliphatic rings. The van der Waals surface area contributed by atoms with E-state index >= 15 is 0 Å². The third-order valence-electron chi connectivity index (χ3n) is 5.21. The Kier molecular flexibility index (Phi) is 7.39. The van der Waals surface area contributed by atoms with Gasteiger partial charge in [-0.1, -0.05) is 64.2 Å². The molecule has 2 saturated carbocycles. The molecule has 0 aromatic rings. The highest BCUT2D eigenvalue weighted by molar-refractivity contribution is 5.00. The van der Waals surface area contributed by atoms with Crippen molar-refractivity contribution in [3.63, 3.8) is 0 Å². The lowest BCUT2D eigenvalue weighted by Gasteiger charge is -2.22. The van der Waals surface area contributed by atoms with Crippen molar-refractivity contribution < 1.29 is 4.74 Å². The Morgan fingerprint density at radius 1 is 0.714 bits per heavy atom. The summed E-state index contributed by atoms with van der Waals surface area (Å²) in [4.78, 5) is 0. The summed E-state index contributed by atoms with van der Waals surface area (Å²) in [6.45, 7) is 4.44. The average Bonchev–Trinajstić information content (AvgIpc) is 2.49. The lowest BCUT2D eigenvalue weighted by atomic mass is 9.85. The van der Waals surface area contributed by atoms with Crippen LogP contribution in [0.15, 0.2) is 23.7 Å². The number of hydrogen-bond acceptors (Lipinski definition) is 1. The van der Waals surface area contributed by atoms with Crippen LogP contribution in [0.5, 0.6) is 0 Å². The summed E-state index contributed by atoms with van der Waals surface area (Å²) in [7, 11) is 0. The van der Waals surface area contributed by atoms with E-state index in [0.29, 0.717) is 0 Å². The first-order valence-corrected chi connectivity index (χ1v) is 9.21. The molecule has 0 radical (unpaired) electrons. The largest absolute Gasteiger partial charge is 0.473 e. The van der Waals surface area contributed by atoms with Crippen LogP contribution < -0.4 is 0 Å². The van der Waals surface area contributed by atoms with E-state index < -0.39 is 0 Å². The minimum absolute atomic E-state index is 0.908. The molecule has 0 spiro atoms. The third kappa shape index (κ3) is 6.72. The van der Waals surface area contributed by atoms with E-state index in [2.05, 4.69) is 13.8 Å². The summed E-state index contributed by atoms with van der Waals surface area (Å²) in [5.41, 5.74) is 2.81. The molecule has 0 atom stereocenters. The van der Waals surface area contributed by atoms with Gasteiger partial charge < -0.3 is 4.74 Å². The molecule has 0 aromatic heterocycles. The van der Waals surface area contributed by atoms with Crippen molar-refractivity contribution in [2.75, 3.05) is 0 Å². The van der Waals surface area contributed by atoms with Crippen LogP contribution in [0, 0.1) is 11.8 Å². The van der Waals surface area contributed by atoms with Gasteiger partial charge in [0.2, 0.25) is 0 Å². The monoisotopic (exact) mass is 290 g/mol. The number of allylic oxidation sites excluding steroid dienone is 2. The van der Waals surface area contributed by atoms with Crippen molar-refractivity contribution in [3.8, 4) is 0 Å². The van der Waals surface area contributed by atoms with Crippen LogP contribution in [0.25, 0.3) is 0 Å². The van der Waals surface area contributed by atoms with Crippen molar-refractivity contribution in [3.05, 3.63) is 23.7 Å². The Bertz CT molecular complexity index is 307. The fourth-order valence-electron chi connectivity index (χ4n) is 4.06. The molecule has 2 aliphatic carbocycles. The summed E-state index contributed by atoms with van der Waals surface area (Å²) in [5, 5.41) is 0. The Hall–Kier alpha value is -0.720. The van der Waals surface area contributed by atoms with Gasteiger partial charge in [-0.2, -0.15) is 0 Å². The molecule has 0 unspecified atom stereocenters. The van der Waals surface area contributed by atoms with Crippen LogP contribution in [0.4, 0.5) is 0 Å². The fraction of sp³-hybridized carbons (Fsp3) is 0.800. The molecular formula is C20H34O. The third-order valence-corrected chi connectivity index (χ3v) is 5.21. The van der Waals surface area contributed by atoms with Gasteiger partial charge in [-0.05, 0) is 49.7 Å². The maximum Gasteiger partial charge on any atom is 0.0890 e. The SMILES string of the molecule is CC(=COC=C(C)CC1CCCCC1)CC1CCCCC1. The predicted octanol–water partition coefficient (Wildman–Crippen LogP) is 6.75. The van der Waals surface area contributed by atoms with E-state index in [-0.39, 0.29) is 0 Å². The summed E-state index contributed by atoms with van der Waals surface area (Å²) in [6.07, 6.45) is 20.7. The minimum Gasteiger partial charge on any atom is -0.473 e. The van der Waals surface area contributed by atoms with Crippen LogP contribution in [-0.2, 0) is 4.74 Å². The highest BCUT2D eigenvalue weighted by Gasteiger charge is 2.14. The molecule has 1 heteroatoms. The zero-order chi connectivity index (χ0) is 14.9.